The fraction of sp³-hybridized carbons (Fsp3) is 0.917. The molecule has 0 aliphatic rings. The number of carbonyl (C=O) groups excluding carboxylic acids is 1. The summed E-state index contributed by atoms with van der Waals surface area (Å²) in [5.74, 6) is 0.0996. The third kappa shape index (κ3) is 6.08. The van der Waals surface area contributed by atoms with Gasteiger partial charge in [0.05, 0.1) is 6.04 Å². The van der Waals surface area contributed by atoms with Gasteiger partial charge in [0.15, 0.2) is 0 Å². The number of hydrogen-bond donors (Lipinski definition) is 2. The van der Waals surface area contributed by atoms with E-state index < -0.39 is 6.04 Å². The Bertz CT molecular complexity index is 215. The summed E-state index contributed by atoms with van der Waals surface area (Å²) >= 11 is 0. The second-order valence-corrected chi connectivity index (χ2v) is 5.39. The minimum atomic E-state index is -0.418. The molecule has 0 aromatic heterocycles. The maximum atomic E-state index is 11.6. The van der Waals surface area contributed by atoms with Gasteiger partial charge >= 0.3 is 0 Å². The Labute approximate surface area is 98.9 Å². The number of nitrogens with two attached hydrogens (primary N) is 1. The van der Waals surface area contributed by atoms with Crippen molar-refractivity contribution in [2.24, 2.45) is 17.1 Å². The van der Waals surface area contributed by atoms with Gasteiger partial charge in [0.1, 0.15) is 0 Å². The van der Waals surface area contributed by atoms with Crippen LogP contribution in [0.3, 0.4) is 0 Å². The molecule has 0 rings (SSSR count). The minimum Gasteiger partial charge on any atom is -0.385 e. The van der Waals surface area contributed by atoms with Gasteiger partial charge in [-0.15, -0.1) is 0 Å². The largest absolute Gasteiger partial charge is 0.385 e. The molecular formula is C12H26N2O2. The Kier molecular flexibility index (Phi) is 6.60. The molecule has 3 N–H and O–H groups in total. The van der Waals surface area contributed by atoms with Crippen LogP contribution >= 0.6 is 0 Å². The topological polar surface area (TPSA) is 64.3 Å². The van der Waals surface area contributed by atoms with E-state index in [4.69, 9.17) is 10.5 Å². The summed E-state index contributed by atoms with van der Waals surface area (Å²) in [5.41, 5.74) is 5.80. The first-order valence-electron chi connectivity index (χ1n) is 5.82. The molecule has 0 heterocycles. The third-order valence-electron chi connectivity index (χ3n) is 2.75. The van der Waals surface area contributed by atoms with Crippen molar-refractivity contribution >= 4 is 5.91 Å². The molecule has 0 aromatic rings. The van der Waals surface area contributed by atoms with Gasteiger partial charge in [0, 0.05) is 20.3 Å². The predicted octanol–water partition coefficient (Wildman–Crippen LogP) is 1.15. The Balaban J connectivity index is 3.99. The van der Waals surface area contributed by atoms with Gasteiger partial charge in [-0.05, 0) is 17.8 Å². The molecule has 4 nitrogen and oxygen atoms in total. The highest BCUT2D eigenvalue weighted by Gasteiger charge is 2.22. The van der Waals surface area contributed by atoms with Crippen LogP contribution in [0.25, 0.3) is 0 Å². The number of rotatable bonds is 7. The van der Waals surface area contributed by atoms with E-state index in [1.165, 1.54) is 0 Å². The predicted molar refractivity (Wildman–Crippen MR) is 66.1 cm³/mol. The van der Waals surface area contributed by atoms with Gasteiger partial charge in [0.25, 0.3) is 0 Å². The third-order valence-corrected chi connectivity index (χ3v) is 2.75. The molecule has 1 atom stereocenters. The Morgan fingerprint density at radius 2 is 2.00 bits per heavy atom. The van der Waals surface area contributed by atoms with E-state index in [2.05, 4.69) is 19.2 Å². The van der Waals surface area contributed by atoms with Crippen LogP contribution in [-0.2, 0) is 9.53 Å². The lowest BCUT2D eigenvalue weighted by Crippen LogP contribution is -2.46. The maximum Gasteiger partial charge on any atom is 0.237 e. The number of nitrogens with one attached hydrogen (secondary N) is 1. The quantitative estimate of drug-likeness (QED) is 0.689. The molecule has 0 saturated carbocycles. The molecule has 0 aliphatic carbocycles. The SMILES string of the molecule is COCCC(C)(C)CNC(=O)[C@H](N)C(C)C. The van der Waals surface area contributed by atoms with E-state index in [0.29, 0.717) is 13.2 Å². The number of ether oxygens (including phenoxy) is 1. The average Bonchev–Trinajstić information content (AvgIpc) is 2.22. The van der Waals surface area contributed by atoms with Gasteiger partial charge in [-0.25, -0.2) is 0 Å². The van der Waals surface area contributed by atoms with E-state index in [-0.39, 0.29) is 17.2 Å². The molecule has 16 heavy (non-hydrogen) atoms. The van der Waals surface area contributed by atoms with Crippen LogP contribution in [0.2, 0.25) is 0 Å². The lowest BCUT2D eigenvalue weighted by molar-refractivity contribution is -0.123. The molecule has 4 heteroatoms. The van der Waals surface area contributed by atoms with Crippen molar-refractivity contribution in [1.82, 2.24) is 5.32 Å². The minimum absolute atomic E-state index is 0.0440. The normalized spacial score (nSPS) is 13.9. The van der Waals surface area contributed by atoms with Crippen LogP contribution < -0.4 is 11.1 Å². The summed E-state index contributed by atoms with van der Waals surface area (Å²) in [6.07, 6.45) is 0.917. The van der Waals surface area contributed by atoms with Crippen molar-refractivity contribution in [3.8, 4) is 0 Å². The first-order valence-corrected chi connectivity index (χ1v) is 5.82. The fourth-order valence-corrected chi connectivity index (χ4v) is 1.21. The van der Waals surface area contributed by atoms with Crippen molar-refractivity contribution in [1.29, 1.82) is 0 Å². The van der Waals surface area contributed by atoms with Crippen molar-refractivity contribution < 1.29 is 9.53 Å². The number of carbonyl (C=O) groups is 1. The molecular weight excluding hydrogens is 204 g/mol. The molecule has 0 bridgehead atoms. The summed E-state index contributed by atoms with van der Waals surface area (Å²) in [4.78, 5) is 11.6. The van der Waals surface area contributed by atoms with E-state index in [1.807, 2.05) is 13.8 Å². The van der Waals surface area contributed by atoms with E-state index in [9.17, 15) is 4.79 Å². The molecule has 0 radical (unpaired) electrons. The summed E-state index contributed by atoms with van der Waals surface area (Å²) in [5, 5.41) is 2.89. The van der Waals surface area contributed by atoms with Gasteiger partial charge < -0.3 is 15.8 Å². The molecule has 0 unspecified atom stereocenters. The Morgan fingerprint density at radius 3 is 2.44 bits per heavy atom. The van der Waals surface area contributed by atoms with Crippen molar-refractivity contribution in [3.63, 3.8) is 0 Å². The van der Waals surface area contributed by atoms with Crippen molar-refractivity contribution in [2.75, 3.05) is 20.3 Å². The summed E-state index contributed by atoms with van der Waals surface area (Å²) in [6.45, 7) is 9.44. The monoisotopic (exact) mass is 230 g/mol. The molecule has 96 valence electrons. The zero-order chi connectivity index (χ0) is 12.8. The molecule has 0 aromatic carbocycles. The highest BCUT2D eigenvalue weighted by Crippen LogP contribution is 2.18. The lowest BCUT2D eigenvalue weighted by Gasteiger charge is -2.26. The summed E-state index contributed by atoms with van der Waals surface area (Å²) in [6, 6.07) is -0.418. The van der Waals surface area contributed by atoms with Crippen LogP contribution in [0.1, 0.15) is 34.1 Å². The zero-order valence-electron chi connectivity index (χ0n) is 11.2. The van der Waals surface area contributed by atoms with Crippen LogP contribution in [0.4, 0.5) is 0 Å². The number of hydrogen-bond acceptors (Lipinski definition) is 3. The smallest absolute Gasteiger partial charge is 0.237 e. The van der Waals surface area contributed by atoms with Gasteiger partial charge in [-0.3, -0.25) is 4.79 Å². The highest BCUT2D eigenvalue weighted by molar-refractivity contribution is 5.81. The van der Waals surface area contributed by atoms with Crippen molar-refractivity contribution in [3.05, 3.63) is 0 Å². The standard InChI is InChI=1S/C12H26N2O2/c1-9(2)10(13)11(15)14-8-12(3,4)6-7-16-5/h9-10H,6-8,13H2,1-5H3,(H,14,15)/t10-/m1/s1. The Hall–Kier alpha value is -0.610. The molecule has 0 spiro atoms. The second kappa shape index (κ2) is 6.86. The molecule has 0 saturated heterocycles. The first-order chi connectivity index (χ1) is 7.30. The van der Waals surface area contributed by atoms with E-state index in [0.717, 1.165) is 6.42 Å². The van der Waals surface area contributed by atoms with Crippen LogP contribution in [-0.4, -0.2) is 32.2 Å². The zero-order valence-corrected chi connectivity index (χ0v) is 11.2. The highest BCUT2D eigenvalue weighted by atomic mass is 16.5. The maximum absolute atomic E-state index is 11.6. The first kappa shape index (κ1) is 15.4. The lowest BCUT2D eigenvalue weighted by atomic mass is 9.89. The van der Waals surface area contributed by atoms with E-state index >= 15 is 0 Å². The van der Waals surface area contributed by atoms with Gasteiger partial charge in [-0.2, -0.15) is 0 Å². The number of methoxy groups -OCH3 is 1. The number of amides is 1. The van der Waals surface area contributed by atoms with Crippen LogP contribution in [0.5, 0.6) is 0 Å². The molecule has 1 amide bonds. The fourth-order valence-electron chi connectivity index (χ4n) is 1.21. The molecule has 0 fully saturated rings. The summed E-state index contributed by atoms with van der Waals surface area (Å²) < 4.78 is 5.03. The molecule has 0 aliphatic heterocycles. The second-order valence-electron chi connectivity index (χ2n) is 5.39. The summed E-state index contributed by atoms with van der Waals surface area (Å²) in [7, 11) is 1.68. The van der Waals surface area contributed by atoms with Gasteiger partial charge in [-0.1, -0.05) is 27.7 Å². The van der Waals surface area contributed by atoms with Crippen molar-refractivity contribution in [2.45, 2.75) is 40.2 Å². The van der Waals surface area contributed by atoms with Gasteiger partial charge in [0.2, 0.25) is 5.91 Å². The van der Waals surface area contributed by atoms with E-state index in [1.54, 1.807) is 7.11 Å². The van der Waals surface area contributed by atoms with Crippen LogP contribution in [0.15, 0.2) is 0 Å². The average molecular weight is 230 g/mol. The Morgan fingerprint density at radius 1 is 1.44 bits per heavy atom. The van der Waals surface area contributed by atoms with Crippen LogP contribution in [0, 0.1) is 11.3 Å².